The van der Waals surface area contributed by atoms with E-state index in [1.165, 1.54) is 11.8 Å². The first-order valence-electron chi connectivity index (χ1n) is 5.47. The van der Waals surface area contributed by atoms with Crippen LogP contribution in [0.5, 0.6) is 0 Å². The van der Waals surface area contributed by atoms with Gasteiger partial charge in [-0.1, -0.05) is 38.1 Å². The molecule has 0 saturated heterocycles. The SMILES string of the molecule is CC(C)c1ccc(C(=O)c2ccoc2Cl)cc1. The van der Waals surface area contributed by atoms with Crippen molar-refractivity contribution in [3.63, 3.8) is 0 Å². The van der Waals surface area contributed by atoms with Gasteiger partial charge in [-0.25, -0.2) is 0 Å². The average Bonchev–Trinajstić information content (AvgIpc) is 2.74. The van der Waals surface area contributed by atoms with E-state index in [-0.39, 0.29) is 11.0 Å². The van der Waals surface area contributed by atoms with E-state index >= 15 is 0 Å². The summed E-state index contributed by atoms with van der Waals surface area (Å²) in [6.07, 6.45) is 1.41. The van der Waals surface area contributed by atoms with Crippen molar-refractivity contribution in [3.05, 3.63) is 58.5 Å². The molecule has 0 amide bonds. The maximum absolute atomic E-state index is 12.1. The van der Waals surface area contributed by atoms with Gasteiger partial charge in [0.2, 0.25) is 5.22 Å². The second-order valence-electron chi connectivity index (χ2n) is 4.21. The van der Waals surface area contributed by atoms with Crippen molar-refractivity contribution < 1.29 is 9.21 Å². The Morgan fingerprint density at radius 2 is 1.82 bits per heavy atom. The van der Waals surface area contributed by atoms with Gasteiger partial charge in [-0.3, -0.25) is 4.79 Å². The van der Waals surface area contributed by atoms with Crippen LogP contribution in [-0.4, -0.2) is 5.78 Å². The molecule has 0 fully saturated rings. The highest BCUT2D eigenvalue weighted by atomic mass is 35.5. The van der Waals surface area contributed by atoms with Gasteiger partial charge in [0.05, 0.1) is 11.8 Å². The van der Waals surface area contributed by atoms with E-state index in [1.807, 2.05) is 24.3 Å². The number of halogens is 1. The molecule has 1 aromatic heterocycles. The third-order valence-electron chi connectivity index (χ3n) is 2.70. The Balaban J connectivity index is 2.29. The highest BCUT2D eigenvalue weighted by Crippen LogP contribution is 2.21. The van der Waals surface area contributed by atoms with E-state index < -0.39 is 0 Å². The van der Waals surface area contributed by atoms with Crippen LogP contribution in [0.25, 0.3) is 0 Å². The summed E-state index contributed by atoms with van der Waals surface area (Å²) in [6, 6.07) is 9.15. The van der Waals surface area contributed by atoms with Gasteiger partial charge in [0.15, 0.2) is 5.78 Å². The van der Waals surface area contributed by atoms with Gasteiger partial charge in [0.1, 0.15) is 0 Å². The van der Waals surface area contributed by atoms with E-state index in [4.69, 9.17) is 16.0 Å². The van der Waals surface area contributed by atoms with Crippen molar-refractivity contribution in [2.45, 2.75) is 19.8 Å². The zero-order chi connectivity index (χ0) is 12.4. The van der Waals surface area contributed by atoms with Gasteiger partial charge < -0.3 is 4.42 Å². The Kier molecular flexibility index (Phi) is 3.34. The van der Waals surface area contributed by atoms with Crippen molar-refractivity contribution in [1.29, 1.82) is 0 Å². The van der Waals surface area contributed by atoms with E-state index in [2.05, 4.69) is 13.8 Å². The van der Waals surface area contributed by atoms with Crippen molar-refractivity contribution >= 4 is 17.4 Å². The second kappa shape index (κ2) is 4.76. The van der Waals surface area contributed by atoms with Crippen molar-refractivity contribution in [2.75, 3.05) is 0 Å². The summed E-state index contributed by atoms with van der Waals surface area (Å²) in [7, 11) is 0. The number of hydrogen-bond acceptors (Lipinski definition) is 2. The Bertz CT molecular complexity index is 523. The fourth-order valence-corrected chi connectivity index (χ4v) is 1.83. The molecule has 0 saturated carbocycles. The smallest absolute Gasteiger partial charge is 0.204 e. The zero-order valence-electron chi connectivity index (χ0n) is 9.74. The molecule has 88 valence electrons. The van der Waals surface area contributed by atoms with Gasteiger partial charge in [0, 0.05) is 5.56 Å². The number of benzene rings is 1. The molecule has 0 N–H and O–H groups in total. The predicted molar refractivity (Wildman–Crippen MR) is 67.7 cm³/mol. The molecule has 2 nitrogen and oxygen atoms in total. The molecule has 17 heavy (non-hydrogen) atoms. The lowest BCUT2D eigenvalue weighted by Gasteiger charge is -2.05. The van der Waals surface area contributed by atoms with Gasteiger partial charge in [-0.15, -0.1) is 0 Å². The molecular weight excluding hydrogens is 236 g/mol. The minimum atomic E-state index is -0.112. The second-order valence-corrected chi connectivity index (χ2v) is 4.56. The molecule has 0 bridgehead atoms. The maximum atomic E-state index is 12.1. The minimum absolute atomic E-state index is 0.112. The standard InChI is InChI=1S/C14H13ClO2/c1-9(2)10-3-5-11(6-4-10)13(16)12-7-8-17-14(12)15/h3-9H,1-2H3. The van der Waals surface area contributed by atoms with E-state index in [9.17, 15) is 4.79 Å². The fraction of sp³-hybridized carbons (Fsp3) is 0.214. The number of hydrogen-bond donors (Lipinski definition) is 0. The van der Waals surface area contributed by atoms with Gasteiger partial charge in [-0.05, 0) is 29.1 Å². The number of carbonyl (C=O) groups is 1. The maximum Gasteiger partial charge on any atom is 0.204 e. The molecule has 1 heterocycles. The number of ketones is 1. The topological polar surface area (TPSA) is 30.2 Å². The molecule has 1 aromatic carbocycles. The molecule has 0 radical (unpaired) electrons. The molecule has 0 aliphatic carbocycles. The van der Waals surface area contributed by atoms with Crippen molar-refractivity contribution in [3.8, 4) is 0 Å². The van der Waals surface area contributed by atoms with Gasteiger partial charge in [-0.2, -0.15) is 0 Å². The molecule has 0 unspecified atom stereocenters. The first-order chi connectivity index (χ1) is 8.09. The molecule has 3 heteroatoms. The zero-order valence-corrected chi connectivity index (χ0v) is 10.5. The third kappa shape index (κ3) is 2.42. The molecule has 2 rings (SSSR count). The molecule has 0 aliphatic rings. The van der Waals surface area contributed by atoms with Crippen LogP contribution in [0.3, 0.4) is 0 Å². The quantitative estimate of drug-likeness (QED) is 0.759. The molecule has 0 atom stereocenters. The number of rotatable bonds is 3. The van der Waals surface area contributed by atoms with Crippen LogP contribution in [0, 0.1) is 0 Å². The summed E-state index contributed by atoms with van der Waals surface area (Å²) in [5.41, 5.74) is 2.24. The summed E-state index contributed by atoms with van der Waals surface area (Å²) in [4.78, 5) is 12.1. The van der Waals surface area contributed by atoms with Crippen LogP contribution >= 0.6 is 11.6 Å². The fourth-order valence-electron chi connectivity index (χ4n) is 1.63. The van der Waals surface area contributed by atoms with Crippen LogP contribution < -0.4 is 0 Å². The summed E-state index contributed by atoms with van der Waals surface area (Å²) >= 11 is 5.78. The third-order valence-corrected chi connectivity index (χ3v) is 2.99. The monoisotopic (exact) mass is 248 g/mol. The Labute approximate surface area is 105 Å². The van der Waals surface area contributed by atoms with Crippen LogP contribution in [0.15, 0.2) is 41.0 Å². The van der Waals surface area contributed by atoms with Crippen LogP contribution in [0.2, 0.25) is 5.22 Å². The molecule has 0 spiro atoms. The van der Waals surface area contributed by atoms with E-state index in [1.54, 1.807) is 6.07 Å². The lowest BCUT2D eigenvalue weighted by atomic mass is 9.99. The Morgan fingerprint density at radius 3 is 2.29 bits per heavy atom. The normalized spacial score (nSPS) is 10.8. The van der Waals surface area contributed by atoms with Crippen molar-refractivity contribution in [2.24, 2.45) is 0 Å². The lowest BCUT2D eigenvalue weighted by molar-refractivity contribution is 0.103. The molecular formula is C14H13ClO2. The highest BCUT2D eigenvalue weighted by Gasteiger charge is 2.15. The summed E-state index contributed by atoms with van der Waals surface area (Å²) in [6.45, 7) is 4.23. The van der Waals surface area contributed by atoms with E-state index in [0.29, 0.717) is 17.0 Å². The summed E-state index contributed by atoms with van der Waals surface area (Å²) in [5.74, 6) is 0.343. The predicted octanol–water partition coefficient (Wildman–Crippen LogP) is 4.29. The first-order valence-corrected chi connectivity index (χ1v) is 5.85. The molecule has 0 aliphatic heterocycles. The summed E-state index contributed by atoms with van der Waals surface area (Å²) < 4.78 is 4.91. The Hall–Kier alpha value is -1.54. The first kappa shape index (κ1) is 11.9. The molecule has 2 aromatic rings. The average molecular weight is 249 g/mol. The van der Waals surface area contributed by atoms with Gasteiger partial charge in [0.25, 0.3) is 0 Å². The highest BCUT2D eigenvalue weighted by molar-refractivity contribution is 6.33. The number of carbonyl (C=O) groups excluding carboxylic acids is 1. The Morgan fingerprint density at radius 1 is 1.18 bits per heavy atom. The largest absolute Gasteiger partial charge is 0.452 e. The van der Waals surface area contributed by atoms with Crippen LogP contribution in [-0.2, 0) is 0 Å². The van der Waals surface area contributed by atoms with Gasteiger partial charge >= 0.3 is 0 Å². The number of furan rings is 1. The van der Waals surface area contributed by atoms with E-state index in [0.717, 1.165) is 0 Å². The lowest BCUT2D eigenvalue weighted by Crippen LogP contribution is -2.00. The summed E-state index contributed by atoms with van der Waals surface area (Å²) in [5, 5.41) is 0.142. The van der Waals surface area contributed by atoms with Crippen molar-refractivity contribution in [1.82, 2.24) is 0 Å². The minimum Gasteiger partial charge on any atom is -0.452 e. The van der Waals surface area contributed by atoms with Crippen LogP contribution in [0.4, 0.5) is 0 Å². The van der Waals surface area contributed by atoms with Crippen LogP contribution in [0.1, 0.15) is 41.3 Å².